The molecule has 1 unspecified atom stereocenters. The number of halogens is 1. The van der Waals surface area contributed by atoms with Crippen molar-refractivity contribution in [2.75, 3.05) is 11.6 Å². The third-order valence-corrected chi connectivity index (χ3v) is 5.61. The molecule has 142 valence electrons. The summed E-state index contributed by atoms with van der Waals surface area (Å²) < 4.78 is 18.4. The van der Waals surface area contributed by atoms with Crippen LogP contribution in [0.5, 0.6) is 5.75 Å². The Bertz CT molecular complexity index is 1150. The van der Waals surface area contributed by atoms with Gasteiger partial charge in [-0.15, -0.1) is 0 Å². The topological polar surface area (TPSA) is 92.8 Å². The summed E-state index contributed by atoms with van der Waals surface area (Å²) in [6.07, 6.45) is 4.82. The first-order valence-corrected chi connectivity index (χ1v) is 10.7. The van der Waals surface area contributed by atoms with Crippen LogP contribution in [0.1, 0.15) is 5.56 Å². The number of aromatic nitrogens is 4. The van der Waals surface area contributed by atoms with E-state index in [4.69, 9.17) is 4.74 Å². The molecule has 9 heteroatoms. The lowest BCUT2D eigenvalue weighted by Crippen LogP contribution is -2.00. The highest BCUT2D eigenvalue weighted by molar-refractivity contribution is 9.10. The van der Waals surface area contributed by atoms with Crippen molar-refractivity contribution in [2.45, 2.75) is 11.5 Å². The van der Waals surface area contributed by atoms with Crippen LogP contribution in [0.3, 0.4) is 0 Å². The number of hydrogen-bond acceptors (Lipinski definition) is 6. The van der Waals surface area contributed by atoms with Gasteiger partial charge in [-0.1, -0.05) is 12.1 Å². The van der Waals surface area contributed by atoms with Gasteiger partial charge < -0.3 is 10.1 Å². The van der Waals surface area contributed by atoms with Gasteiger partial charge >= 0.3 is 0 Å². The maximum absolute atomic E-state index is 11.7. The van der Waals surface area contributed by atoms with E-state index in [0.29, 0.717) is 18.2 Å². The zero-order valence-corrected chi connectivity index (χ0v) is 17.3. The van der Waals surface area contributed by atoms with Crippen molar-refractivity contribution in [2.24, 2.45) is 0 Å². The molecule has 0 amide bonds. The van der Waals surface area contributed by atoms with Crippen molar-refractivity contribution in [1.82, 2.24) is 20.2 Å². The Kier molecular flexibility index (Phi) is 5.36. The van der Waals surface area contributed by atoms with Crippen LogP contribution in [-0.4, -0.2) is 30.6 Å². The molecule has 0 aliphatic rings. The summed E-state index contributed by atoms with van der Waals surface area (Å²) in [4.78, 5) is 9.44. The van der Waals surface area contributed by atoms with E-state index in [2.05, 4.69) is 41.4 Å². The molecule has 0 radical (unpaired) electrons. The van der Waals surface area contributed by atoms with Crippen LogP contribution < -0.4 is 10.1 Å². The molecule has 28 heavy (non-hydrogen) atoms. The zero-order valence-electron chi connectivity index (χ0n) is 14.8. The number of benzene rings is 2. The molecule has 2 aromatic carbocycles. The summed E-state index contributed by atoms with van der Waals surface area (Å²) in [6.45, 7) is 0.361. The maximum Gasteiger partial charge on any atom is 0.142 e. The molecule has 2 N–H and O–H groups in total. The molecule has 4 aromatic rings. The SMILES string of the molecule is CS(=O)c1cccc(COc2cc3ncnc(Nc4ccn[nH]4)c3cc2Br)c1. The first kappa shape index (κ1) is 18.6. The number of hydrogen-bond donors (Lipinski definition) is 2. The van der Waals surface area contributed by atoms with Gasteiger partial charge in [-0.3, -0.25) is 9.31 Å². The lowest BCUT2D eigenvalue weighted by atomic mass is 10.2. The van der Waals surface area contributed by atoms with Crippen molar-refractivity contribution in [3.8, 4) is 5.75 Å². The molecule has 0 fully saturated rings. The Balaban J connectivity index is 1.59. The number of anilines is 2. The highest BCUT2D eigenvalue weighted by Gasteiger charge is 2.11. The van der Waals surface area contributed by atoms with E-state index in [1.54, 1.807) is 12.5 Å². The Labute approximate surface area is 172 Å². The number of aromatic amines is 1. The van der Waals surface area contributed by atoms with Gasteiger partial charge in [0.2, 0.25) is 0 Å². The van der Waals surface area contributed by atoms with Crippen LogP contribution >= 0.6 is 15.9 Å². The Morgan fingerprint density at radius 3 is 2.89 bits per heavy atom. The average molecular weight is 458 g/mol. The summed E-state index contributed by atoms with van der Waals surface area (Å²) in [7, 11) is -1.02. The minimum atomic E-state index is -1.02. The molecule has 0 saturated carbocycles. The van der Waals surface area contributed by atoms with Gasteiger partial charge in [0.05, 0.1) is 16.2 Å². The van der Waals surface area contributed by atoms with Crippen LogP contribution in [0.2, 0.25) is 0 Å². The third kappa shape index (κ3) is 4.05. The van der Waals surface area contributed by atoms with E-state index in [9.17, 15) is 4.21 Å². The molecule has 0 spiro atoms. The number of nitrogens with zero attached hydrogens (tertiary/aromatic N) is 3. The van der Waals surface area contributed by atoms with Crippen molar-refractivity contribution in [1.29, 1.82) is 0 Å². The number of fused-ring (bicyclic) bond motifs is 1. The lowest BCUT2D eigenvalue weighted by molar-refractivity contribution is 0.304. The fourth-order valence-electron chi connectivity index (χ4n) is 2.70. The monoisotopic (exact) mass is 457 g/mol. The molecule has 0 aliphatic heterocycles. The van der Waals surface area contributed by atoms with Gasteiger partial charge in [0.25, 0.3) is 0 Å². The molecule has 0 aliphatic carbocycles. The zero-order chi connectivity index (χ0) is 19.5. The van der Waals surface area contributed by atoms with E-state index in [0.717, 1.165) is 31.7 Å². The van der Waals surface area contributed by atoms with Gasteiger partial charge in [0.1, 0.15) is 30.3 Å². The fourth-order valence-corrected chi connectivity index (χ4v) is 3.74. The number of rotatable bonds is 6. The number of ether oxygens (including phenoxy) is 1. The Hall–Kier alpha value is -2.78. The second-order valence-electron chi connectivity index (χ2n) is 6.01. The quantitative estimate of drug-likeness (QED) is 0.451. The predicted octanol–water partition coefficient (Wildman–Crippen LogP) is 4.18. The lowest BCUT2D eigenvalue weighted by Gasteiger charge is -2.12. The number of nitrogens with one attached hydrogen (secondary N) is 2. The van der Waals surface area contributed by atoms with E-state index >= 15 is 0 Å². The van der Waals surface area contributed by atoms with Crippen molar-refractivity contribution >= 4 is 49.3 Å². The first-order valence-electron chi connectivity index (χ1n) is 8.36. The van der Waals surface area contributed by atoms with Gasteiger partial charge in [0, 0.05) is 39.5 Å². The van der Waals surface area contributed by atoms with E-state index in [1.165, 1.54) is 6.33 Å². The molecular formula is C19H16BrN5O2S. The molecule has 2 heterocycles. The highest BCUT2D eigenvalue weighted by atomic mass is 79.9. The second kappa shape index (κ2) is 8.07. The van der Waals surface area contributed by atoms with Crippen LogP contribution in [0.25, 0.3) is 10.9 Å². The summed E-state index contributed by atoms with van der Waals surface area (Å²) >= 11 is 3.56. The Morgan fingerprint density at radius 1 is 1.21 bits per heavy atom. The molecular weight excluding hydrogens is 442 g/mol. The van der Waals surface area contributed by atoms with Gasteiger partial charge in [-0.2, -0.15) is 5.10 Å². The van der Waals surface area contributed by atoms with Crippen LogP contribution in [-0.2, 0) is 17.4 Å². The second-order valence-corrected chi connectivity index (χ2v) is 8.24. The Morgan fingerprint density at radius 2 is 2.11 bits per heavy atom. The summed E-state index contributed by atoms with van der Waals surface area (Å²) in [5.74, 6) is 2.07. The van der Waals surface area contributed by atoms with Crippen LogP contribution in [0.4, 0.5) is 11.6 Å². The van der Waals surface area contributed by atoms with Crippen molar-refractivity contribution in [3.63, 3.8) is 0 Å². The third-order valence-electron chi connectivity index (χ3n) is 4.07. The largest absolute Gasteiger partial charge is 0.488 e. The normalized spacial score (nSPS) is 12.1. The minimum absolute atomic E-state index is 0.361. The smallest absolute Gasteiger partial charge is 0.142 e. The molecule has 2 aromatic heterocycles. The van der Waals surface area contributed by atoms with Crippen molar-refractivity contribution < 1.29 is 8.95 Å². The fraction of sp³-hybridized carbons (Fsp3) is 0.105. The van der Waals surface area contributed by atoms with Crippen LogP contribution in [0.15, 0.2) is 64.4 Å². The standard InChI is InChI=1S/C19H16BrN5O2S/c1-28(26)13-4-2-3-12(7-13)10-27-17-9-16-14(8-15(17)20)19(22-11-21-16)24-18-5-6-23-25-18/h2-9,11H,10H2,1H3,(H2,21,22,23,24,25). The highest BCUT2D eigenvalue weighted by Crippen LogP contribution is 2.33. The van der Waals surface area contributed by atoms with Crippen molar-refractivity contribution in [3.05, 3.63) is 65.0 Å². The molecule has 0 bridgehead atoms. The average Bonchev–Trinajstić information content (AvgIpc) is 3.20. The minimum Gasteiger partial charge on any atom is -0.488 e. The summed E-state index contributed by atoms with van der Waals surface area (Å²) in [5, 5.41) is 10.8. The summed E-state index contributed by atoms with van der Waals surface area (Å²) in [6, 6.07) is 13.2. The first-order chi connectivity index (χ1) is 13.6. The number of H-pyrrole nitrogens is 1. The van der Waals surface area contributed by atoms with E-state index < -0.39 is 10.8 Å². The molecule has 0 saturated heterocycles. The van der Waals surface area contributed by atoms with Gasteiger partial charge in [-0.25, -0.2) is 9.97 Å². The predicted molar refractivity (Wildman–Crippen MR) is 112 cm³/mol. The summed E-state index contributed by atoms with van der Waals surface area (Å²) in [5.41, 5.74) is 1.70. The maximum atomic E-state index is 11.7. The van der Waals surface area contributed by atoms with Crippen LogP contribution in [0, 0.1) is 0 Å². The molecule has 7 nitrogen and oxygen atoms in total. The molecule has 4 rings (SSSR count). The van der Waals surface area contributed by atoms with E-state index in [1.807, 2.05) is 42.5 Å². The van der Waals surface area contributed by atoms with E-state index in [-0.39, 0.29) is 0 Å². The van der Waals surface area contributed by atoms with Gasteiger partial charge in [-0.05, 0) is 39.7 Å². The van der Waals surface area contributed by atoms with Gasteiger partial charge in [0.15, 0.2) is 0 Å². The molecule has 1 atom stereocenters.